The van der Waals surface area contributed by atoms with Gasteiger partial charge in [0.2, 0.25) is 0 Å². The zero-order valence-electron chi connectivity index (χ0n) is 12.5. The van der Waals surface area contributed by atoms with Crippen LogP contribution in [0.5, 0.6) is 0 Å². The number of ether oxygens (including phenoxy) is 1. The molecule has 2 aromatic heterocycles. The second-order valence-corrected chi connectivity index (χ2v) is 6.12. The average molecular weight is 332 g/mol. The number of aromatic nitrogens is 2. The van der Waals surface area contributed by atoms with E-state index in [0.717, 1.165) is 17.5 Å². The van der Waals surface area contributed by atoms with Crippen LogP contribution in [0, 0.1) is 6.92 Å². The Morgan fingerprint density at radius 3 is 2.55 bits per heavy atom. The Hall–Kier alpha value is -1.83. The van der Waals surface area contributed by atoms with Crippen molar-refractivity contribution < 1.29 is 22.7 Å². The molecule has 0 spiro atoms. The first-order chi connectivity index (χ1) is 10.1. The van der Waals surface area contributed by atoms with Crippen LogP contribution in [-0.4, -0.2) is 22.6 Å². The van der Waals surface area contributed by atoms with Gasteiger partial charge in [-0.05, 0) is 32.4 Å². The highest BCUT2D eigenvalue weighted by molar-refractivity contribution is 7.17. The summed E-state index contributed by atoms with van der Waals surface area (Å²) in [5.41, 5.74) is -0.254. The minimum Gasteiger partial charge on any atom is -0.465 e. The normalized spacial score (nSPS) is 12.0. The number of alkyl halides is 3. The molecule has 2 heterocycles. The van der Waals surface area contributed by atoms with Crippen molar-refractivity contribution in [2.75, 3.05) is 7.11 Å². The van der Waals surface area contributed by atoms with Gasteiger partial charge in [0.1, 0.15) is 4.88 Å². The molecule has 0 aliphatic heterocycles. The van der Waals surface area contributed by atoms with Crippen molar-refractivity contribution >= 4 is 17.3 Å². The van der Waals surface area contributed by atoms with Gasteiger partial charge in [-0.3, -0.25) is 0 Å². The molecule has 0 aromatic carbocycles. The molecule has 4 nitrogen and oxygen atoms in total. The molecule has 0 aliphatic rings. The number of nitrogens with zero attached hydrogens (tertiary/aromatic N) is 2. The van der Waals surface area contributed by atoms with Gasteiger partial charge in [-0.2, -0.15) is 13.2 Å². The van der Waals surface area contributed by atoms with Crippen molar-refractivity contribution in [1.82, 2.24) is 9.55 Å². The van der Waals surface area contributed by atoms with E-state index in [2.05, 4.69) is 9.72 Å². The smallest absolute Gasteiger partial charge is 0.434 e. The highest BCUT2D eigenvalue weighted by Crippen LogP contribution is 2.37. The molecular formula is C14H15F3N2O2S. The third-order valence-corrected chi connectivity index (χ3v) is 4.30. The summed E-state index contributed by atoms with van der Waals surface area (Å²) < 4.78 is 44.8. The standard InChI is InChI=1S/C14H15F3N2O2S/c1-7(2)19-6-10(14(15,16)17)18-12(19)11-8(3)5-9(22-11)13(20)21-4/h5-7H,1-4H3. The number of hydrogen-bond acceptors (Lipinski definition) is 4. The van der Waals surface area contributed by atoms with E-state index >= 15 is 0 Å². The second-order valence-electron chi connectivity index (χ2n) is 5.06. The summed E-state index contributed by atoms with van der Waals surface area (Å²) in [6.07, 6.45) is -3.51. The topological polar surface area (TPSA) is 44.1 Å². The van der Waals surface area contributed by atoms with Crippen molar-refractivity contribution in [3.8, 4) is 10.7 Å². The summed E-state index contributed by atoms with van der Waals surface area (Å²) in [5.74, 6) is -0.307. The number of esters is 1. The van der Waals surface area contributed by atoms with Gasteiger partial charge in [-0.15, -0.1) is 11.3 Å². The minimum absolute atomic E-state index is 0.193. The van der Waals surface area contributed by atoms with E-state index in [1.54, 1.807) is 26.8 Å². The van der Waals surface area contributed by atoms with Crippen LogP contribution in [0.4, 0.5) is 13.2 Å². The second kappa shape index (κ2) is 5.75. The number of carbonyl (C=O) groups excluding carboxylic acids is 1. The Morgan fingerprint density at radius 2 is 2.05 bits per heavy atom. The van der Waals surface area contributed by atoms with E-state index in [1.807, 2.05) is 0 Å². The molecule has 0 radical (unpaired) electrons. The van der Waals surface area contributed by atoms with Gasteiger partial charge in [-0.25, -0.2) is 9.78 Å². The van der Waals surface area contributed by atoms with Crippen molar-refractivity contribution in [2.24, 2.45) is 0 Å². The van der Waals surface area contributed by atoms with E-state index in [1.165, 1.54) is 11.7 Å². The third kappa shape index (κ3) is 3.01. The van der Waals surface area contributed by atoms with Gasteiger partial charge < -0.3 is 9.30 Å². The molecule has 2 rings (SSSR count). The molecular weight excluding hydrogens is 317 g/mol. The summed E-state index contributed by atoms with van der Waals surface area (Å²) in [6, 6.07) is 1.40. The van der Waals surface area contributed by atoms with Crippen LogP contribution in [0.25, 0.3) is 10.7 Å². The number of imidazole rings is 1. The van der Waals surface area contributed by atoms with Gasteiger partial charge in [-0.1, -0.05) is 0 Å². The number of carbonyl (C=O) groups is 1. The summed E-state index contributed by atoms with van der Waals surface area (Å²) in [4.78, 5) is 16.2. The van der Waals surface area contributed by atoms with Gasteiger partial charge in [0.15, 0.2) is 11.5 Å². The van der Waals surface area contributed by atoms with E-state index in [-0.39, 0.29) is 11.9 Å². The molecule has 0 N–H and O–H groups in total. The molecule has 8 heteroatoms. The van der Waals surface area contributed by atoms with Crippen molar-refractivity contribution in [1.29, 1.82) is 0 Å². The van der Waals surface area contributed by atoms with Crippen LogP contribution >= 0.6 is 11.3 Å². The predicted molar refractivity (Wildman–Crippen MR) is 77.0 cm³/mol. The molecule has 120 valence electrons. The van der Waals surface area contributed by atoms with E-state index in [9.17, 15) is 18.0 Å². The summed E-state index contributed by atoms with van der Waals surface area (Å²) in [5, 5.41) is 0. The maximum Gasteiger partial charge on any atom is 0.434 e. The predicted octanol–water partition coefficient (Wildman–Crippen LogP) is 4.31. The Morgan fingerprint density at radius 1 is 1.41 bits per heavy atom. The molecule has 0 unspecified atom stereocenters. The first-order valence-corrected chi connectivity index (χ1v) is 7.32. The van der Waals surface area contributed by atoms with Crippen LogP contribution in [0.1, 0.15) is 40.8 Å². The van der Waals surface area contributed by atoms with E-state index in [4.69, 9.17) is 0 Å². The van der Waals surface area contributed by atoms with Gasteiger partial charge in [0.25, 0.3) is 0 Å². The lowest BCUT2D eigenvalue weighted by molar-refractivity contribution is -0.140. The quantitative estimate of drug-likeness (QED) is 0.787. The lowest BCUT2D eigenvalue weighted by Gasteiger charge is -2.10. The van der Waals surface area contributed by atoms with Crippen molar-refractivity contribution in [2.45, 2.75) is 33.0 Å². The lowest BCUT2D eigenvalue weighted by atomic mass is 10.2. The van der Waals surface area contributed by atoms with Gasteiger partial charge >= 0.3 is 12.1 Å². The fraction of sp³-hybridized carbons (Fsp3) is 0.429. The highest BCUT2D eigenvalue weighted by Gasteiger charge is 2.35. The molecule has 0 saturated heterocycles. The van der Waals surface area contributed by atoms with Crippen molar-refractivity contribution in [3.05, 3.63) is 28.4 Å². The van der Waals surface area contributed by atoms with Crippen molar-refractivity contribution in [3.63, 3.8) is 0 Å². The lowest BCUT2D eigenvalue weighted by Crippen LogP contribution is -2.05. The Kier molecular flexibility index (Phi) is 4.32. The number of hydrogen-bond donors (Lipinski definition) is 0. The fourth-order valence-corrected chi connectivity index (χ4v) is 3.08. The maximum absolute atomic E-state index is 12.9. The minimum atomic E-state index is -4.51. The monoisotopic (exact) mass is 332 g/mol. The highest BCUT2D eigenvalue weighted by atomic mass is 32.1. The largest absolute Gasteiger partial charge is 0.465 e. The zero-order chi connectivity index (χ0) is 16.7. The van der Waals surface area contributed by atoms with Gasteiger partial charge in [0, 0.05) is 12.2 Å². The van der Waals surface area contributed by atoms with E-state index < -0.39 is 17.8 Å². The molecule has 0 atom stereocenters. The molecule has 0 saturated carbocycles. The zero-order valence-corrected chi connectivity index (χ0v) is 13.3. The van der Waals surface area contributed by atoms with Crippen LogP contribution in [-0.2, 0) is 10.9 Å². The van der Waals surface area contributed by atoms with Gasteiger partial charge in [0.05, 0.1) is 12.0 Å². The maximum atomic E-state index is 12.9. The van der Waals surface area contributed by atoms with Crippen LogP contribution < -0.4 is 0 Å². The summed E-state index contributed by atoms with van der Waals surface area (Å²) in [6.45, 7) is 5.27. The Labute approximate surface area is 129 Å². The fourth-order valence-electron chi connectivity index (χ4n) is 2.00. The van der Waals surface area contributed by atoms with E-state index in [0.29, 0.717) is 15.3 Å². The number of thiophene rings is 1. The first kappa shape index (κ1) is 16.5. The molecule has 2 aromatic rings. The molecule has 0 aliphatic carbocycles. The van der Waals surface area contributed by atoms with Crippen LogP contribution in [0.2, 0.25) is 0 Å². The molecule has 0 fully saturated rings. The number of methoxy groups -OCH3 is 1. The molecule has 0 bridgehead atoms. The third-order valence-electron chi connectivity index (χ3n) is 3.09. The number of aryl methyl sites for hydroxylation is 1. The summed E-state index contributed by atoms with van der Waals surface area (Å²) in [7, 11) is 1.26. The number of rotatable bonds is 3. The summed E-state index contributed by atoms with van der Waals surface area (Å²) >= 11 is 1.08. The van der Waals surface area contributed by atoms with Crippen LogP contribution in [0.3, 0.4) is 0 Å². The molecule has 22 heavy (non-hydrogen) atoms. The number of halogens is 3. The SMILES string of the molecule is COC(=O)c1cc(C)c(-c2nc(C(F)(F)F)cn2C(C)C)s1. The first-order valence-electron chi connectivity index (χ1n) is 6.50. The van der Waals surface area contributed by atoms with Crippen LogP contribution in [0.15, 0.2) is 12.3 Å². The Balaban J connectivity index is 2.59. The average Bonchev–Trinajstić information content (AvgIpc) is 3.00. The Bertz CT molecular complexity index is 701. The molecule has 0 amide bonds.